The van der Waals surface area contributed by atoms with E-state index in [1.807, 2.05) is 11.8 Å². The summed E-state index contributed by atoms with van der Waals surface area (Å²) in [6.07, 6.45) is 5.85. The lowest BCUT2D eigenvalue weighted by Gasteiger charge is -2.47. The van der Waals surface area contributed by atoms with Gasteiger partial charge in [0.25, 0.3) is 5.91 Å². The number of carbonyl (C=O) groups excluding carboxylic acids is 2. The number of Topliss-reactive ketones (excluding diaryl/α,β-unsaturated/α-hetero) is 1. The minimum absolute atomic E-state index is 0.0204. The molecule has 0 radical (unpaired) electrons. The van der Waals surface area contributed by atoms with Crippen molar-refractivity contribution in [2.24, 2.45) is 0 Å². The van der Waals surface area contributed by atoms with E-state index in [-0.39, 0.29) is 29.5 Å². The molecule has 0 aromatic carbocycles. The maximum absolute atomic E-state index is 13.1. The highest BCUT2D eigenvalue weighted by Gasteiger charge is 2.44. The van der Waals surface area contributed by atoms with Crippen LogP contribution in [0.2, 0.25) is 0 Å². The van der Waals surface area contributed by atoms with Crippen molar-refractivity contribution >= 4 is 11.7 Å². The number of ketones is 1. The molecule has 3 heterocycles. The van der Waals surface area contributed by atoms with Gasteiger partial charge >= 0.3 is 0 Å². The number of hydrogen-bond acceptors (Lipinski definition) is 4. The molecular formula is C21H30N2O4. The van der Waals surface area contributed by atoms with Crippen LogP contribution >= 0.6 is 0 Å². The number of nitrogens with one attached hydrogen (secondary N) is 1. The average molecular weight is 374 g/mol. The summed E-state index contributed by atoms with van der Waals surface area (Å²) in [5.74, 6) is 0.129. The molecule has 1 amide bonds. The molecule has 4 rings (SSSR count). The molecule has 2 fully saturated rings. The number of amides is 1. The first-order valence-electron chi connectivity index (χ1n) is 10.3. The fourth-order valence-electron chi connectivity index (χ4n) is 5.10. The number of hydrogen-bond donors (Lipinski definition) is 2. The van der Waals surface area contributed by atoms with Crippen molar-refractivity contribution in [2.45, 2.75) is 83.0 Å². The standard InChI is InChI=1S/C21H30N2O4/c1-3-15-11-14(24)12-21(27-15)7-9-23(10-8-21)20(26)19-13(2)18-16(22-19)5-4-6-17(18)25/h14-15,22,24H,3-12H2,1-2H3/t14-,15+/m1/s1. The van der Waals surface area contributed by atoms with Gasteiger partial charge in [-0.2, -0.15) is 0 Å². The van der Waals surface area contributed by atoms with Crippen molar-refractivity contribution in [1.82, 2.24) is 9.88 Å². The Bertz CT molecular complexity index is 746. The van der Waals surface area contributed by atoms with Crippen LogP contribution in [0.25, 0.3) is 0 Å². The minimum Gasteiger partial charge on any atom is -0.393 e. The number of piperidine rings is 1. The van der Waals surface area contributed by atoms with Crippen LogP contribution in [0.3, 0.4) is 0 Å². The van der Waals surface area contributed by atoms with Crippen LogP contribution in [0.5, 0.6) is 0 Å². The van der Waals surface area contributed by atoms with Crippen LogP contribution in [-0.2, 0) is 11.2 Å². The maximum Gasteiger partial charge on any atom is 0.270 e. The fraction of sp³-hybridized carbons (Fsp3) is 0.714. The minimum atomic E-state index is -0.311. The van der Waals surface area contributed by atoms with Gasteiger partial charge in [-0.1, -0.05) is 6.92 Å². The normalized spacial score (nSPS) is 27.7. The van der Waals surface area contributed by atoms with E-state index in [2.05, 4.69) is 11.9 Å². The Morgan fingerprint density at radius 2 is 2.07 bits per heavy atom. The maximum atomic E-state index is 13.1. The number of aliphatic hydroxyl groups is 1. The zero-order chi connectivity index (χ0) is 19.2. The molecule has 148 valence electrons. The number of aromatic nitrogens is 1. The molecule has 0 saturated carbocycles. The van der Waals surface area contributed by atoms with Gasteiger partial charge in [0, 0.05) is 37.2 Å². The third-order valence-corrected chi connectivity index (χ3v) is 6.63. The zero-order valence-electron chi connectivity index (χ0n) is 16.3. The highest BCUT2D eigenvalue weighted by atomic mass is 16.5. The molecule has 27 heavy (non-hydrogen) atoms. The molecule has 3 aliphatic rings. The Morgan fingerprint density at radius 3 is 2.74 bits per heavy atom. The Labute approximate surface area is 160 Å². The molecule has 0 bridgehead atoms. The number of aliphatic hydroxyl groups excluding tert-OH is 1. The van der Waals surface area contributed by atoms with Gasteiger partial charge in [-0.05, 0) is 51.0 Å². The van der Waals surface area contributed by atoms with Crippen LogP contribution in [0.4, 0.5) is 0 Å². The number of carbonyl (C=O) groups is 2. The summed E-state index contributed by atoms with van der Waals surface area (Å²) in [6, 6.07) is 0. The Balaban J connectivity index is 1.47. The summed E-state index contributed by atoms with van der Waals surface area (Å²) in [5.41, 5.74) is 2.74. The number of H-pyrrole nitrogens is 1. The topological polar surface area (TPSA) is 82.6 Å². The lowest BCUT2D eigenvalue weighted by atomic mass is 9.81. The van der Waals surface area contributed by atoms with Gasteiger partial charge in [-0.25, -0.2) is 0 Å². The molecule has 1 spiro atoms. The van der Waals surface area contributed by atoms with Crippen molar-refractivity contribution in [1.29, 1.82) is 0 Å². The largest absolute Gasteiger partial charge is 0.393 e. The van der Waals surface area contributed by atoms with Gasteiger partial charge in [0.05, 0.1) is 17.8 Å². The number of likely N-dealkylation sites (tertiary alicyclic amines) is 1. The van der Waals surface area contributed by atoms with Gasteiger partial charge in [-0.15, -0.1) is 0 Å². The summed E-state index contributed by atoms with van der Waals surface area (Å²) in [4.78, 5) is 30.4. The average Bonchev–Trinajstić information content (AvgIpc) is 2.99. The summed E-state index contributed by atoms with van der Waals surface area (Å²) in [7, 11) is 0. The summed E-state index contributed by atoms with van der Waals surface area (Å²) in [6.45, 7) is 5.22. The second-order valence-electron chi connectivity index (χ2n) is 8.47. The Hall–Kier alpha value is -1.66. The Kier molecular flexibility index (Phi) is 4.89. The number of rotatable bonds is 2. The van der Waals surface area contributed by atoms with E-state index in [1.165, 1.54) is 0 Å². The molecule has 6 heteroatoms. The van der Waals surface area contributed by atoms with Crippen LogP contribution in [0, 0.1) is 6.92 Å². The molecule has 1 aromatic rings. The summed E-state index contributed by atoms with van der Waals surface area (Å²) in [5, 5.41) is 10.2. The number of nitrogens with zero attached hydrogens (tertiary/aromatic N) is 1. The molecule has 2 saturated heterocycles. The molecule has 2 N–H and O–H groups in total. The predicted octanol–water partition coefficient (Wildman–Crippen LogP) is 2.77. The van der Waals surface area contributed by atoms with Crippen LogP contribution in [0.1, 0.15) is 84.0 Å². The van der Waals surface area contributed by atoms with E-state index < -0.39 is 0 Å². The van der Waals surface area contributed by atoms with E-state index in [0.29, 0.717) is 38.0 Å². The molecule has 2 atom stereocenters. The zero-order valence-corrected chi connectivity index (χ0v) is 16.3. The van der Waals surface area contributed by atoms with E-state index in [1.54, 1.807) is 0 Å². The lowest BCUT2D eigenvalue weighted by molar-refractivity contribution is -0.179. The van der Waals surface area contributed by atoms with Gasteiger partial charge in [-0.3, -0.25) is 9.59 Å². The first kappa shape index (κ1) is 18.7. The molecule has 6 nitrogen and oxygen atoms in total. The van der Waals surface area contributed by atoms with Crippen molar-refractivity contribution < 1.29 is 19.4 Å². The van der Waals surface area contributed by atoms with Crippen LogP contribution in [0.15, 0.2) is 0 Å². The second kappa shape index (κ2) is 7.06. The highest BCUT2D eigenvalue weighted by Crippen LogP contribution is 2.39. The number of aryl methyl sites for hydroxylation is 1. The summed E-state index contributed by atoms with van der Waals surface area (Å²) < 4.78 is 6.32. The third-order valence-electron chi connectivity index (χ3n) is 6.63. The molecule has 2 aliphatic heterocycles. The highest BCUT2D eigenvalue weighted by molar-refractivity contribution is 6.04. The van der Waals surface area contributed by atoms with Crippen molar-refractivity contribution in [2.75, 3.05) is 13.1 Å². The molecular weight excluding hydrogens is 344 g/mol. The predicted molar refractivity (Wildman–Crippen MR) is 101 cm³/mol. The first-order valence-corrected chi connectivity index (χ1v) is 10.3. The molecule has 1 aliphatic carbocycles. The lowest BCUT2D eigenvalue weighted by Crippen LogP contribution is -2.53. The SMILES string of the molecule is CC[C@H]1C[C@@H](O)CC2(CCN(C(=O)c3[nH]c4c(c3C)C(=O)CCC4)CC2)O1. The van der Waals surface area contributed by atoms with E-state index >= 15 is 0 Å². The monoisotopic (exact) mass is 374 g/mol. The van der Waals surface area contributed by atoms with Crippen LogP contribution in [-0.4, -0.2) is 57.6 Å². The second-order valence-corrected chi connectivity index (χ2v) is 8.47. The molecule has 0 unspecified atom stereocenters. The summed E-state index contributed by atoms with van der Waals surface area (Å²) >= 11 is 0. The van der Waals surface area contributed by atoms with Crippen molar-refractivity contribution in [3.63, 3.8) is 0 Å². The number of aromatic amines is 1. The van der Waals surface area contributed by atoms with E-state index in [4.69, 9.17) is 4.74 Å². The van der Waals surface area contributed by atoms with Crippen LogP contribution < -0.4 is 0 Å². The van der Waals surface area contributed by atoms with E-state index in [0.717, 1.165) is 48.9 Å². The third kappa shape index (κ3) is 3.34. The number of ether oxygens (including phenoxy) is 1. The van der Waals surface area contributed by atoms with Gasteiger partial charge in [0.1, 0.15) is 5.69 Å². The van der Waals surface area contributed by atoms with E-state index in [9.17, 15) is 14.7 Å². The first-order chi connectivity index (χ1) is 12.9. The Morgan fingerprint density at radius 1 is 1.33 bits per heavy atom. The quantitative estimate of drug-likeness (QED) is 0.834. The number of fused-ring (bicyclic) bond motifs is 1. The van der Waals surface area contributed by atoms with Gasteiger partial charge in [0.2, 0.25) is 0 Å². The van der Waals surface area contributed by atoms with Crippen molar-refractivity contribution in [3.8, 4) is 0 Å². The van der Waals surface area contributed by atoms with Crippen molar-refractivity contribution in [3.05, 3.63) is 22.5 Å². The fourth-order valence-corrected chi connectivity index (χ4v) is 5.10. The van der Waals surface area contributed by atoms with Gasteiger partial charge < -0.3 is 19.7 Å². The smallest absolute Gasteiger partial charge is 0.270 e. The molecule has 1 aromatic heterocycles. The van der Waals surface area contributed by atoms with Gasteiger partial charge in [0.15, 0.2) is 5.78 Å².